The number of methoxy groups -OCH3 is 1. The van der Waals surface area contributed by atoms with Crippen molar-refractivity contribution in [3.63, 3.8) is 0 Å². The van der Waals surface area contributed by atoms with Crippen molar-refractivity contribution in [2.75, 3.05) is 23.9 Å². The van der Waals surface area contributed by atoms with Crippen LogP contribution < -0.4 is 19.7 Å². The maximum Gasteiger partial charge on any atom is 0.248 e. The lowest BCUT2D eigenvalue weighted by atomic mass is 10.2. The predicted octanol–water partition coefficient (Wildman–Crippen LogP) is 4.45. The topological polar surface area (TPSA) is 80.8 Å². The van der Waals surface area contributed by atoms with Gasteiger partial charge in [-0.25, -0.2) is 0 Å². The van der Waals surface area contributed by atoms with E-state index in [0.29, 0.717) is 30.2 Å². The van der Waals surface area contributed by atoms with Gasteiger partial charge in [-0.15, -0.1) is 0 Å². The fourth-order valence-corrected chi connectivity index (χ4v) is 3.55. The molecule has 0 atom stereocenters. The summed E-state index contributed by atoms with van der Waals surface area (Å²) in [6, 6.07) is 16.6. The second kappa shape index (κ2) is 10.5. The molecule has 0 unspecified atom stereocenters. The summed E-state index contributed by atoms with van der Waals surface area (Å²) in [4.78, 5) is 30.1. The number of aromatic nitrogens is 1. The Labute approximate surface area is 192 Å². The molecule has 3 aromatic rings. The van der Waals surface area contributed by atoms with Crippen molar-refractivity contribution in [1.29, 1.82) is 0 Å². The van der Waals surface area contributed by atoms with E-state index in [0.717, 1.165) is 29.8 Å². The third-order valence-corrected chi connectivity index (χ3v) is 5.28. The van der Waals surface area contributed by atoms with Gasteiger partial charge in [0.05, 0.1) is 7.11 Å². The summed E-state index contributed by atoms with van der Waals surface area (Å²) in [7, 11) is 1.57. The summed E-state index contributed by atoms with van der Waals surface area (Å²) in [5, 5.41) is 2.84. The Morgan fingerprint density at radius 3 is 2.58 bits per heavy atom. The molecule has 33 heavy (non-hydrogen) atoms. The molecule has 1 aliphatic heterocycles. The van der Waals surface area contributed by atoms with E-state index in [4.69, 9.17) is 9.47 Å². The van der Waals surface area contributed by atoms with Crippen LogP contribution in [0.4, 0.5) is 11.4 Å². The predicted molar refractivity (Wildman–Crippen MR) is 127 cm³/mol. The molecule has 2 amide bonds. The largest absolute Gasteiger partial charge is 0.493 e. The number of carbonyl (C=O) groups is 2. The SMILES string of the molecule is COc1ccc(NC(=O)/C=C/c2ccc(N3CCCC3=O)cc2)cc1OCc1ccncc1. The zero-order valence-electron chi connectivity index (χ0n) is 18.4. The first-order valence-electron chi connectivity index (χ1n) is 10.7. The summed E-state index contributed by atoms with van der Waals surface area (Å²) >= 11 is 0. The maximum atomic E-state index is 12.4. The van der Waals surface area contributed by atoms with Gasteiger partial charge >= 0.3 is 0 Å². The van der Waals surface area contributed by atoms with E-state index in [2.05, 4.69) is 10.3 Å². The first-order valence-corrected chi connectivity index (χ1v) is 10.7. The molecule has 2 heterocycles. The lowest BCUT2D eigenvalue weighted by Gasteiger charge is -2.15. The Balaban J connectivity index is 1.37. The van der Waals surface area contributed by atoms with Crippen LogP contribution in [0, 0.1) is 0 Å². The Kier molecular flexibility index (Phi) is 6.99. The number of ether oxygens (including phenoxy) is 2. The summed E-state index contributed by atoms with van der Waals surface area (Å²) in [5.41, 5.74) is 3.33. The fraction of sp³-hybridized carbons (Fsp3) is 0.192. The highest BCUT2D eigenvalue weighted by Crippen LogP contribution is 2.31. The molecule has 7 nitrogen and oxygen atoms in total. The smallest absolute Gasteiger partial charge is 0.248 e. The first kappa shape index (κ1) is 22.1. The van der Waals surface area contributed by atoms with Gasteiger partial charge in [0.1, 0.15) is 6.61 Å². The van der Waals surface area contributed by atoms with Gasteiger partial charge in [-0.05, 0) is 60.0 Å². The lowest BCUT2D eigenvalue weighted by Crippen LogP contribution is -2.23. The molecular weight excluding hydrogens is 418 g/mol. The molecule has 0 saturated carbocycles. The van der Waals surface area contributed by atoms with Crippen molar-refractivity contribution >= 4 is 29.3 Å². The molecule has 1 saturated heterocycles. The van der Waals surface area contributed by atoms with Gasteiger partial charge in [0.2, 0.25) is 11.8 Å². The Hall–Kier alpha value is -4.13. The van der Waals surface area contributed by atoms with Gasteiger partial charge in [0.25, 0.3) is 0 Å². The molecule has 4 rings (SSSR count). The lowest BCUT2D eigenvalue weighted by molar-refractivity contribution is -0.117. The zero-order valence-corrected chi connectivity index (χ0v) is 18.4. The van der Waals surface area contributed by atoms with Crippen molar-refractivity contribution in [1.82, 2.24) is 4.98 Å². The van der Waals surface area contributed by atoms with E-state index in [1.165, 1.54) is 6.08 Å². The summed E-state index contributed by atoms with van der Waals surface area (Å²) < 4.78 is 11.2. The minimum Gasteiger partial charge on any atom is -0.493 e. The number of hydrogen-bond donors (Lipinski definition) is 1. The van der Waals surface area contributed by atoms with Gasteiger partial charge in [-0.3, -0.25) is 14.6 Å². The van der Waals surface area contributed by atoms with Crippen LogP contribution >= 0.6 is 0 Å². The van der Waals surface area contributed by atoms with Gasteiger partial charge in [-0.2, -0.15) is 0 Å². The highest BCUT2D eigenvalue weighted by atomic mass is 16.5. The molecule has 1 N–H and O–H groups in total. The van der Waals surface area contributed by atoms with Gasteiger partial charge in [0, 0.05) is 48.9 Å². The minimum atomic E-state index is -0.265. The van der Waals surface area contributed by atoms with Crippen molar-refractivity contribution in [3.8, 4) is 11.5 Å². The zero-order chi connectivity index (χ0) is 23.0. The molecule has 7 heteroatoms. The van der Waals surface area contributed by atoms with E-state index in [1.54, 1.807) is 48.7 Å². The summed E-state index contributed by atoms with van der Waals surface area (Å²) in [5.74, 6) is 0.998. The highest BCUT2D eigenvalue weighted by molar-refractivity contribution is 6.02. The Morgan fingerprint density at radius 1 is 1.09 bits per heavy atom. The fourth-order valence-electron chi connectivity index (χ4n) is 3.55. The molecule has 0 radical (unpaired) electrons. The highest BCUT2D eigenvalue weighted by Gasteiger charge is 2.21. The van der Waals surface area contributed by atoms with E-state index < -0.39 is 0 Å². The van der Waals surface area contributed by atoms with E-state index in [1.807, 2.05) is 36.4 Å². The Bertz CT molecular complexity index is 1140. The molecule has 0 bridgehead atoms. The van der Waals surface area contributed by atoms with Crippen LogP contribution in [0.3, 0.4) is 0 Å². The van der Waals surface area contributed by atoms with E-state index in [-0.39, 0.29) is 11.8 Å². The van der Waals surface area contributed by atoms with Crippen molar-refractivity contribution < 1.29 is 19.1 Å². The number of rotatable bonds is 8. The van der Waals surface area contributed by atoms with Crippen LogP contribution in [-0.2, 0) is 16.2 Å². The number of nitrogens with one attached hydrogen (secondary N) is 1. The number of hydrogen-bond acceptors (Lipinski definition) is 5. The molecular formula is C26H25N3O4. The second-order valence-electron chi connectivity index (χ2n) is 7.57. The maximum absolute atomic E-state index is 12.4. The number of anilines is 2. The van der Waals surface area contributed by atoms with Crippen molar-refractivity contribution in [2.45, 2.75) is 19.4 Å². The number of amides is 2. The molecule has 0 aliphatic carbocycles. The quantitative estimate of drug-likeness (QED) is 0.521. The van der Waals surface area contributed by atoms with Gasteiger partial charge < -0.3 is 19.7 Å². The van der Waals surface area contributed by atoms with Crippen LogP contribution in [0.5, 0.6) is 11.5 Å². The van der Waals surface area contributed by atoms with Crippen LogP contribution in [0.1, 0.15) is 24.0 Å². The molecule has 2 aromatic carbocycles. The minimum absolute atomic E-state index is 0.154. The van der Waals surface area contributed by atoms with Crippen molar-refractivity contribution in [2.24, 2.45) is 0 Å². The molecule has 0 spiro atoms. The number of pyridine rings is 1. The summed E-state index contributed by atoms with van der Waals surface area (Å²) in [6.07, 6.45) is 8.11. The van der Waals surface area contributed by atoms with Gasteiger partial charge in [0.15, 0.2) is 11.5 Å². The number of carbonyl (C=O) groups excluding carboxylic acids is 2. The molecule has 1 aliphatic rings. The van der Waals surface area contributed by atoms with Gasteiger partial charge in [-0.1, -0.05) is 12.1 Å². The van der Waals surface area contributed by atoms with Crippen molar-refractivity contribution in [3.05, 3.63) is 84.2 Å². The van der Waals surface area contributed by atoms with Crippen LogP contribution in [0.15, 0.2) is 73.1 Å². The average molecular weight is 444 g/mol. The van der Waals surface area contributed by atoms with Crippen LogP contribution in [0.2, 0.25) is 0 Å². The third kappa shape index (κ3) is 5.77. The monoisotopic (exact) mass is 443 g/mol. The molecule has 1 aromatic heterocycles. The molecule has 1 fully saturated rings. The Morgan fingerprint density at radius 2 is 1.88 bits per heavy atom. The molecule has 168 valence electrons. The second-order valence-corrected chi connectivity index (χ2v) is 7.57. The number of benzene rings is 2. The van der Waals surface area contributed by atoms with E-state index in [9.17, 15) is 9.59 Å². The first-order chi connectivity index (χ1) is 16.1. The summed E-state index contributed by atoms with van der Waals surface area (Å²) in [6.45, 7) is 1.11. The van der Waals surface area contributed by atoms with Crippen LogP contribution in [-0.4, -0.2) is 30.5 Å². The third-order valence-electron chi connectivity index (χ3n) is 5.28. The van der Waals surface area contributed by atoms with Crippen LogP contribution in [0.25, 0.3) is 6.08 Å². The average Bonchev–Trinajstić information content (AvgIpc) is 3.28. The van der Waals surface area contributed by atoms with E-state index >= 15 is 0 Å². The standard InChI is InChI=1S/C26H25N3O4/c1-32-23-10-7-21(17-24(23)33-18-20-12-14-27-15-13-20)28-25(30)11-6-19-4-8-22(9-5-19)29-16-2-3-26(29)31/h4-15,17H,2-3,16,18H2,1H3,(H,28,30)/b11-6+. The normalized spacial score (nSPS) is 13.4. The number of nitrogens with zero attached hydrogens (tertiary/aromatic N) is 2.